The van der Waals surface area contributed by atoms with E-state index in [1.54, 1.807) is 0 Å². The van der Waals surface area contributed by atoms with Gasteiger partial charge >= 0.3 is 23.9 Å². The first-order chi connectivity index (χ1) is 54.2. The molecule has 2 N–H and O–H groups in total. The molecule has 0 aliphatic carbocycles. The zero-order valence-electron chi connectivity index (χ0n) is 76.7. The Morgan fingerprint density at radius 1 is 0.259 bits per heavy atom. The van der Waals surface area contributed by atoms with E-state index in [4.69, 9.17) is 18.9 Å². The minimum atomic E-state index is -0.516. The fourth-order valence-corrected chi connectivity index (χ4v) is 15.5. The Kier molecular flexibility index (Phi) is 75.4. The molecule has 0 rings (SSSR count). The normalized spacial score (nSPS) is 12.1. The number of nitrogens with one attached hydrogen (secondary N) is 2. The van der Waals surface area contributed by atoms with E-state index in [0.29, 0.717) is 32.7 Å². The van der Waals surface area contributed by atoms with Crippen LogP contribution >= 0.6 is 0 Å². The van der Waals surface area contributed by atoms with Crippen LogP contribution < -0.4 is 10.6 Å². The van der Waals surface area contributed by atoms with E-state index in [-0.39, 0.29) is 60.7 Å². The maximum absolute atomic E-state index is 13.8. The number of hydrogen-bond acceptors (Lipinski definition) is 12. The van der Waals surface area contributed by atoms with E-state index in [1.165, 1.54) is 193 Å². The number of ether oxygens (including phenoxy) is 4. The van der Waals surface area contributed by atoms with Gasteiger partial charge in [0, 0.05) is 45.4 Å². The molecule has 14 heteroatoms. The summed E-state index contributed by atoms with van der Waals surface area (Å²) in [5.74, 6) is -0.382. The van der Waals surface area contributed by atoms with Crippen molar-refractivity contribution in [1.82, 2.24) is 20.4 Å². The zero-order valence-corrected chi connectivity index (χ0v) is 76.7. The van der Waals surface area contributed by atoms with Gasteiger partial charge in [-0.05, 0) is 183 Å². The molecule has 0 aromatic rings. The summed E-state index contributed by atoms with van der Waals surface area (Å²) in [5, 5.41) is 6.30. The highest BCUT2D eigenvalue weighted by Gasteiger charge is 2.32. The molecule has 0 aromatic heterocycles. The van der Waals surface area contributed by atoms with Crippen molar-refractivity contribution >= 4 is 35.7 Å². The van der Waals surface area contributed by atoms with Crippen molar-refractivity contribution in [3.8, 4) is 0 Å². The van der Waals surface area contributed by atoms with Crippen molar-refractivity contribution in [2.75, 3.05) is 65.6 Å². The number of esters is 4. The number of unbranched alkanes of at least 4 members (excludes halogenated alkanes) is 45. The zero-order chi connectivity index (χ0) is 82.5. The Balaban J connectivity index is 5.62. The molecule has 0 fully saturated rings. The van der Waals surface area contributed by atoms with Gasteiger partial charge in [-0.15, -0.1) is 0 Å². The van der Waals surface area contributed by atoms with Crippen LogP contribution in [0.25, 0.3) is 0 Å². The van der Waals surface area contributed by atoms with Gasteiger partial charge in [-0.1, -0.05) is 324 Å². The molecule has 2 amide bonds. The van der Waals surface area contributed by atoms with Gasteiger partial charge in [0.25, 0.3) is 0 Å². The number of carbonyl (C=O) groups excluding carboxylic acids is 6. The Bertz CT molecular complexity index is 2120. The monoisotopic (exact) mass is 1580 g/mol. The van der Waals surface area contributed by atoms with Crippen LogP contribution in [0.3, 0.4) is 0 Å². The van der Waals surface area contributed by atoms with Crippen molar-refractivity contribution in [3.63, 3.8) is 0 Å². The Morgan fingerprint density at radius 2 is 0.500 bits per heavy atom. The molecule has 0 saturated heterocycles. The molecule has 112 heavy (non-hydrogen) atoms. The van der Waals surface area contributed by atoms with Crippen molar-refractivity contribution in [3.05, 3.63) is 0 Å². The largest absolute Gasteiger partial charge is 0.465 e. The quantitative estimate of drug-likeness (QED) is 0.0336. The van der Waals surface area contributed by atoms with Crippen molar-refractivity contribution in [2.24, 2.45) is 16.2 Å². The standard InChI is InChI=1S/C98H190N4O10/c1-13-19-25-31-40-54-68-88(69-55-41-32-26-20-14-2)111-92(105)72-58-44-37-48-62-80-101(81-63-49-38-52-66-86-109-93(106)96(7,8)75-59-45-35-29-23-17-5)84-78-99-90(103)73-74-91(104)100-79-85-102(82-64-50-39-53-67-87-110-94(107)97(9,10)76-60-46-36-30-24-18-6)83-65-51-47-61-77-98(11,12)95(108)112-89(70-56-42-33-27-21-15-3)71-57-43-34-28-22-16-4/h88-89H,13-87H2,1-12H3,(H,99,103)(H,100,104). The lowest BCUT2D eigenvalue weighted by Gasteiger charge is -2.27. The van der Waals surface area contributed by atoms with Gasteiger partial charge in [0.2, 0.25) is 11.8 Å². The van der Waals surface area contributed by atoms with Crippen molar-refractivity contribution in [1.29, 1.82) is 0 Å². The molecule has 662 valence electrons. The van der Waals surface area contributed by atoms with Crippen LogP contribution in [0, 0.1) is 16.2 Å². The van der Waals surface area contributed by atoms with Crippen LogP contribution in [-0.4, -0.2) is 123 Å². The molecule has 0 aliphatic heterocycles. The summed E-state index contributed by atoms with van der Waals surface area (Å²) in [6.07, 6.45) is 71.6. The summed E-state index contributed by atoms with van der Waals surface area (Å²) in [7, 11) is 0. The Labute approximate surface area is 694 Å². The first-order valence-corrected chi connectivity index (χ1v) is 48.9. The van der Waals surface area contributed by atoms with Gasteiger partial charge in [-0.2, -0.15) is 0 Å². The van der Waals surface area contributed by atoms with E-state index < -0.39 is 16.2 Å². The number of rotatable bonds is 87. The molecule has 0 aliphatic rings. The molecular weight excluding hydrogens is 1390 g/mol. The van der Waals surface area contributed by atoms with Crippen LogP contribution in [0.15, 0.2) is 0 Å². The third-order valence-electron chi connectivity index (χ3n) is 23.7. The lowest BCUT2D eigenvalue weighted by molar-refractivity contribution is -0.161. The lowest BCUT2D eigenvalue weighted by Crippen LogP contribution is -2.37. The summed E-state index contributed by atoms with van der Waals surface area (Å²) < 4.78 is 24.1. The van der Waals surface area contributed by atoms with E-state index in [0.717, 1.165) is 245 Å². The predicted molar refractivity (Wildman–Crippen MR) is 476 cm³/mol. The van der Waals surface area contributed by atoms with Gasteiger partial charge in [-0.3, -0.25) is 28.8 Å². The first-order valence-electron chi connectivity index (χ1n) is 48.9. The molecule has 0 heterocycles. The van der Waals surface area contributed by atoms with Gasteiger partial charge in [0.1, 0.15) is 12.2 Å². The maximum Gasteiger partial charge on any atom is 0.311 e. The second-order valence-corrected chi connectivity index (χ2v) is 36.4. The first kappa shape index (κ1) is 109. The van der Waals surface area contributed by atoms with Crippen LogP contribution in [0.2, 0.25) is 0 Å². The van der Waals surface area contributed by atoms with Crippen LogP contribution in [0.4, 0.5) is 0 Å². The smallest absolute Gasteiger partial charge is 0.311 e. The topological polar surface area (TPSA) is 170 Å². The average molecular weight is 1580 g/mol. The average Bonchev–Trinajstić information content (AvgIpc) is 0.879. The molecule has 0 atom stereocenters. The molecule has 0 aromatic carbocycles. The summed E-state index contributed by atoms with van der Waals surface area (Å²) in [6.45, 7) is 33.1. The fraction of sp³-hybridized carbons (Fsp3) is 0.939. The number of carbonyl (C=O) groups is 6. The van der Waals surface area contributed by atoms with Gasteiger partial charge in [0.15, 0.2) is 0 Å². The molecule has 0 bridgehead atoms. The second-order valence-electron chi connectivity index (χ2n) is 36.4. The molecule has 0 saturated carbocycles. The maximum atomic E-state index is 13.8. The van der Waals surface area contributed by atoms with Crippen molar-refractivity contribution in [2.45, 2.75) is 513 Å². The molecular formula is C98H190N4O10. The number of hydrogen-bond donors (Lipinski definition) is 2. The van der Waals surface area contributed by atoms with Crippen LogP contribution in [0.1, 0.15) is 500 Å². The van der Waals surface area contributed by atoms with Gasteiger partial charge in [-0.25, -0.2) is 0 Å². The third-order valence-corrected chi connectivity index (χ3v) is 23.7. The molecule has 0 unspecified atom stereocenters. The molecule has 14 nitrogen and oxygen atoms in total. The summed E-state index contributed by atoms with van der Waals surface area (Å²) >= 11 is 0. The minimum absolute atomic E-state index is 0.0194. The van der Waals surface area contributed by atoms with Gasteiger partial charge < -0.3 is 39.4 Å². The van der Waals surface area contributed by atoms with Crippen LogP contribution in [-0.2, 0) is 47.7 Å². The summed E-state index contributed by atoms with van der Waals surface area (Å²) in [5.41, 5.74) is -1.40. The van der Waals surface area contributed by atoms with Gasteiger partial charge in [0.05, 0.1) is 29.5 Å². The predicted octanol–water partition coefficient (Wildman–Crippen LogP) is 27.3. The Hall–Kier alpha value is -3.26. The number of amides is 2. The molecule has 0 spiro atoms. The lowest BCUT2D eigenvalue weighted by atomic mass is 9.86. The highest BCUT2D eigenvalue weighted by molar-refractivity contribution is 5.83. The van der Waals surface area contributed by atoms with E-state index in [2.05, 4.69) is 75.8 Å². The SMILES string of the molecule is CCCCCCCCC(CCCCCCCC)OC(=O)CCCCCCCN(CCCCCCCOC(=O)C(C)(C)CCCCCCCC)CCNC(=O)CCC(=O)NCCN(CCCCCCCOC(=O)C(C)(C)CCCCCCCC)CCCCCCC(C)(C)C(=O)OC(CCCCCCCC)CCCCCCCC. The second kappa shape index (κ2) is 77.6. The highest BCUT2D eigenvalue weighted by atomic mass is 16.6. The van der Waals surface area contributed by atoms with E-state index in [1.807, 2.05) is 27.7 Å². The van der Waals surface area contributed by atoms with Crippen LogP contribution in [0.5, 0.6) is 0 Å². The summed E-state index contributed by atoms with van der Waals surface area (Å²) in [6, 6.07) is 0. The fourth-order valence-electron chi connectivity index (χ4n) is 15.5. The van der Waals surface area contributed by atoms with Crippen molar-refractivity contribution < 1.29 is 47.7 Å². The summed E-state index contributed by atoms with van der Waals surface area (Å²) in [4.78, 5) is 84.6. The number of nitrogens with zero attached hydrogens (tertiary/aromatic N) is 2. The van der Waals surface area contributed by atoms with E-state index in [9.17, 15) is 28.8 Å². The van der Waals surface area contributed by atoms with E-state index >= 15 is 0 Å². The third kappa shape index (κ3) is 68.8. The minimum Gasteiger partial charge on any atom is -0.465 e. The Morgan fingerprint density at radius 3 is 0.804 bits per heavy atom. The molecule has 0 radical (unpaired) electrons. The highest BCUT2D eigenvalue weighted by Crippen LogP contribution is 2.31.